The van der Waals surface area contributed by atoms with E-state index in [1.165, 1.54) is 0 Å². The summed E-state index contributed by atoms with van der Waals surface area (Å²) in [6.07, 6.45) is 1.15. The number of β-amino-alcohol motifs (C(OH)–C–C–N with tert-alkyl or cyclic N) is 1. The number of carbonyl (C=O) groups is 1. The minimum atomic E-state index is -0.426. The molecule has 1 aromatic rings. The number of carbonyl (C=O) groups excluding carboxylic acids is 1. The molecule has 4 heteroatoms. The first-order chi connectivity index (χ1) is 8.09. The van der Waals surface area contributed by atoms with Gasteiger partial charge in [-0.1, -0.05) is 6.07 Å². The average Bonchev–Trinajstić information content (AvgIpc) is 2.32. The standard InChI is InChI=1S/C13H17NO3/c1-9-11(5-2-6-12(9)16)13(17)14-7-3-4-10(15)8-14/h2,5-6,10,15-16H,3-4,7-8H2,1H3/t10-/m0/s1. The Kier molecular flexibility index (Phi) is 3.33. The van der Waals surface area contributed by atoms with E-state index < -0.39 is 6.10 Å². The third kappa shape index (κ3) is 2.42. The third-order valence-electron chi connectivity index (χ3n) is 3.22. The normalized spacial score (nSPS) is 20.4. The van der Waals surface area contributed by atoms with Gasteiger partial charge in [0, 0.05) is 24.2 Å². The maximum absolute atomic E-state index is 12.2. The summed E-state index contributed by atoms with van der Waals surface area (Å²) in [5, 5.41) is 19.1. The highest BCUT2D eigenvalue weighted by molar-refractivity contribution is 5.96. The molecule has 0 aliphatic carbocycles. The van der Waals surface area contributed by atoms with Crippen molar-refractivity contribution in [3.8, 4) is 5.75 Å². The van der Waals surface area contributed by atoms with E-state index in [4.69, 9.17) is 0 Å². The quantitative estimate of drug-likeness (QED) is 0.771. The van der Waals surface area contributed by atoms with Crippen LogP contribution in [-0.4, -0.2) is 40.2 Å². The van der Waals surface area contributed by atoms with Gasteiger partial charge in [-0.2, -0.15) is 0 Å². The van der Waals surface area contributed by atoms with Crippen LogP contribution in [0.4, 0.5) is 0 Å². The second-order valence-electron chi connectivity index (χ2n) is 4.50. The lowest BCUT2D eigenvalue weighted by Gasteiger charge is -2.30. The van der Waals surface area contributed by atoms with Crippen LogP contribution in [0.3, 0.4) is 0 Å². The van der Waals surface area contributed by atoms with Crippen LogP contribution in [0.15, 0.2) is 18.2 Å². The minimum absolute atomic E-state index is 0.114. The zero-order chi connectivity index (χ0) is 12.4. The van der Waals surface area contributed by atoms with Gasteiger partial charge in [0.05, 0.1) is 6.10 Å². The van der Waals surface area contributed by atoms with Gasteiger partial charge in [0.25, 0.3) is 5.91 Å². The van der Waals surface area contributed by atoms with Crippen LogP contribution in [-0.2, 0) is 0 Å². The summed E-state index contributed by atoms with van der Waals surface area (Å²) >= 11 is 0. The number of phenolic OH excluding ortho intramolecular Hbond substituents is 1. The zero-order valence-electron chi connectivity index (χ0n) is 9.89. The van der Waals surface area contributed by atoms with Crippen LogP contribution in [0, 0.1) is 6.92 Å². The van der Waals surface area contributed by atoms with Gasteiger partial charge in [0.2, 0.25) is 0 Å². The lowest BCUT2D eigenvalue weighted by molar-refractivity contribution is 0.0473. The molecule has 0 bridgehead atoms. The Morgan fingerprint density at radius 2 is 2.24 bits per heavy atom. The number of aromatic hydroxyl groups is 1. The van der Waals surface area contributed by atoms with Gasteiger partial charge in [-0.15, -0.1) is 0 Å². The number of hydrogen-bond donors (Lipinski definition) is 2. The van der Waals surface area contributed by atoms with Crippen molar-refractivity contribution >= 4 is 5.91 Å². The van der Waals surface area contributed by atoms with Gasteiger partial charge < -0.3 is 15.1 Å². The SMILES string of the molecule is Cc1c(O)cccc1C(=O)N1CCC[C@H](O)C1. The number of likely N-dealkylation sites (tertiary alicyclic amines) is 1. The van der Waals surface area contributed by atoms with E-state index in [9.17, 15) is 15.0 Å². The molecule has 0 unspecified atom stereocenters. The summed E-state index contributed by atoms with van der Waals surface area (Å²) in [5.74, 6) is 0.0190. The van der Waals surface area contributed by atoms with Gasteiger partial charge in [0.15, 0.2) is 0 Å². The highest BCUT2D eigenvalue weighted by atomic mass is 16.3. The van der Waals surface area contributed by atoms with Crippen molar-refractivity contribution in [1.82, 2.24) is 4.90 Å². The van der Waals surface area contributed by atoms with Crippen LogP contribution in [0.25, 0.3) is 0 Å². The van der Waals surface area contributed by atoms with E-state index in [1.54, 1.807) is 30.0 Å². The van der Waals surface area contributed by atoms with Crippen molar-refractivity contribution in [2.24, 2.45) is 0 Å². The molecule has 1 heterocycles. The highest BCUT2D eigenvalue weighted by Gasteiger charge is 2.24. The smallest absolute Gasteiger partial charge is 0.254 e. The van der Waals surface area contributed by atoms with Gasteiger partial charge in [-0.25, -0.2) is 0 Å². The number of aliphatic hydroxyl groups excluding tert-OH is 1. The number of hydrogen-bond acceptors (Lipinski definition) is 3. The fraction of sp³-hybridized carbons (Fsp3) is 0.462. The Hall–Kier alpha value is -1.55. The molecular weight excluding hydrogens is 218 g/mol. The molecule has 17 heavy (non-hydrogen) atoms. The number of rotatable bonds is 1. The summed E-state index contributed by atoms with van der Waals surface area (Å²) in [5.41, 5.74) is 1.11. The van der Waals surface area contributed by atoms with Crippen molar-refractivity contribution in [3.63, 3.8) is 0 Å². The van der Waals surface area contributed by atoms with Gasteiger partial charge in [-0.3, -0.25) is 4.79 Å². The Labute approximate surface area is 100 Å². The summed E-state index contributed by atoms with van der Waals surface area (Å²) in [7, 11) is 0. The third-order valence-corrected chi connectivity index (χ3v) is 3.22. The molecule has 4 nitrogen and oxygen atoms in total. The molecule has 1 aliphatic heterocycles. The number of amides is 1. The van der Waals surface area contributed by atoms with Crippen molar-refractivity contribution in [1.29, 1.82) is 0 Å². The van der Waals surface area contributed by atoms with E-state index in [1.807, 2.05) is 0 Å². The van der Waals surface area contributed by atoms with Gasteiger partial charge >= 0.3 is 0 Å². The van der Waals surface area contributed by atoms with Crippen molar-refractivity contribution in [2.45, 2.75) is 25.9 Å². The topological polar surface area (TPSA) is 60.8 Å². The Morgan fingerprint density at radius 1 is 1.47 bits per heavy atom. The molecule has 1 aromatic carbocycles. The largest absolute Gasteiger partial charge is 0.508 e. The van der Waals surface area contributed by atoms with Crippen LogP contribution in [0.1, 0.15) is 28.8 Å². The molecule has 0 saturated carbocycles. The molecule has 0 spiro atoms. The lowest BCUT2D eigenvalue weighted by atomic mass is 10.0. The molecule has 2 rings (SSSR count). The van der Waals surface area contributed by atoms with Crippen LogP contribution >= 0.6 is 0 Å². The monoisotopic (exact) mass is 235 g/mol. The lowest BCUT2D eigenvalue weighted by Crippen LogP contribution is -2.42. The van der Waals surface area contributed by atoms with E-state index >= 15 is 0 Å². The maximum Gasteiger partial charge on any atom is 0.254 e. The molecule has 2 N–H and O–H groups in total. The molecular formula is C13H17NO3. The summed E-state index contributed by atoms with van der Waals surface area (Å²) in [6, 6.07) is 4.94. The number of nitrogens with zero attached hydrogens (tertiary/aromatic N) is 1. The van der Waals surface area contributed by atoms with Crippen LogP contribution < -0.4 is 0 Å². The van der Waals surface area contributed by atoms with Crippen molar-refractivity contribution in [2.75, 3.05) is 13.1 Å². The summed E-state index contributed by atoms with van der Waals surface area (Å²) < 4.78 is 0. The summed E-state index contributed by atoms with van der Waals surface area (Å²) in [4.78, 5) is 13.9. The van der Waals surface area contributed by atoms with E-state index in [2.05, 4.69) is 0 Å². The molecule has 1 fully saturated rings. The van der Waals surface area contributed by atoms with E-state index in [0.717, 1.165) is 12.8 Å². The highest BCUT2D eigenvalue weighted by Crippen LogP contribution is 2.22. The molecule has 1 saturated heterocycles. The molecule has 1 aliphatic rings. The predicted molar refractivity (Wildman–Crippen MR) is 64.0 cm³/mol. The van der Waals surface area contributed by atoms with Gasteiger partial charge in [0.1, 0.15) is 5.75 Å². The Morgan fingerprint density at radius 3 is 2.94 bits per heavy atom. The maximum atomic E-state index is 12.2. The predicted octanol–water partition coefficient (Wildman–Crippen LogP) is 1.30. The first-order valence-corrected chi connectivity index (χ1v) is 5.85. The Bertz CT molecular complexity index is 431. The zero-order valence-corrected chi connectivity index (χ0v) is 9.89. The van der Waals surface area contributed by atoms with Crippen LogP contribution in [0.2, 0.25) is 0 Å². The number of benzene rings is 1. The molecule has 1 amide bonds. The van der Waals surface area contributed by atoms with Crippen molar-refractivity contribution in [3.05, 3.63) is 29.3 Å². The van der Waals surface area contributed by atoms with Gasteiger partial charge in [-0.05, 0) is 31.9 Å². The Balaban J connectivity index is 2.22. The first kappa shape index (κ1) is 11.9. The second-order valence-corrected chi connectivity index (χ2v) is 4.50. The minimum Gasteiger partial charge on any atom is -0.508 e. The summed E-state index contributed by atoms with van der Waals surface area (Å²) in [6.45, 7) is 2.78. The van der Waals surface area contributed by atoms with E-state index in [0.29, 0.717) is 24.2 Å². The molecule has 1 atom stereocenters. The molecule has 92 valence electrons. The number of piperidine rings is 1. The van der Waals surface area contributed by atoms with Crippen molar-refractivity contribution < 1.29 is 15.0 Å². The van der Waals surface area contributed by atoms with E-state index in [-0.39, 0.29) is 11.7 Å². The number of aliphatic hydroxyl groups is 1. The molecule has 0 radical (unpaired) electrons. The number of phenols is 1. The fourth-order valence-electron chi connectivity index (χ4n) is 2.16. The fourth-order valence-corrected chi connectivity index (χ4v) is 2.16. The average molecular weight is 235 g/mol. The first-order valence-electron chi connectivity index (χ1n) is 5.85. The van der Waals surface area contributed by atoms with Crippen LogP contribution in [0.5, 0.6) is 5.75 Å². The molecule has 0 aromatic heterocycles. The second kappa shape index (κ2) is 4.75.